The number of thioether (sulfide) groups is 1. The lowest BCUT2D eigenvalue weighted by atomic mass is 10.2. The zero-order valence-electron chi connectivity index (χ0n) is 13.0. The summed E-state index contributed by atoms with van der Waals surface area (Å²) in [6.45, 7) is 1.86. The number of para-hydroxylation sites is 2. The first kappa shape index (κ1) is 14.9. The number of nitrogens with zero attached hydrogens (tertiary/aromatic N) is 2. The smallest absolute Gasteiger partial charge is 0.208 e. The van der Waals surface area contributed by atoms with Crippen LogP contribution in [-0.2, 0) is 0 Å². The van der Waals surface area contributed by atoms with E-state index in [2.05, 4.69) is 9.97 Å². The highest BCUT2D eigenvalue weighted by Gasteiger charge is 2.14. The molecule has 0 atom stereocenters. The lowest BCUT2D eigenvalue weighted by Crippen LogP contribution is -2.02. The Balaban J connectivity index is 1.59. The van der Waals surface area contributed by atoms with Crippen LogP contribution in [0.5, 0.6) is 0 Å². The molecule has 0 fully saturated rings. The highest BCUT2D eigenvalue weighted by atomic mass is 32.2. The maximum atomic E-state index is 12.5. The second-order valence-corrected chi connectivity index (χ2v) is 6.42. The zero-order chi connectivity index (χ0) is 16.5. The Bertz CT molecular complexity index is 1020. The maximum absolute atomic E-state index is 12.5. The minimum Gasteiger partial charge on any atom is -0.453 e. The number of hydrogen-bond donors (Lipinski definition) is 0. The summed E-state index contributed by atoms with van der Waals surface area (Å²) in [6, 6.07) is 17.2. The van der Waals surface area contributed by atoms with Gasteiger partial charge in [-0.2, -0.15) is 0 Å². The normalized spacial score (nSPS) is 11.2. The fourth-order valence-corrected chi connectivity index (χ4v) is 3.53. The van der Waals surface area contributed by atoms with Crippen LogP contribution in [0.25, 0.3) is 21.9 Å². The molecule has 5 heteroatoms. The lowest BCUT2D eigenvalue weighted by Gasteiger charge is -2.05. The van der Waals surface area contributed by atoms with Gasteiger partial charge in [-0.3, -0.25) is 4.79 Å². The molecule has 4 aromatic rings. The average Bonchev–Trinajstić information content (AvgIpc) is 3.03. The van der Waals surface area contributed by atoms with Crippen molar-refractivity contribution in [2.24, 2.45) is 0 Å². The number of benzene rings is 2. The second kappa shape index (κ2) is 6.09. The molecule has 0 aliphatic carbocycles. The minimum atomic E-state index is -0.0449. The molecule has 24 heavy (non-hydrogen) atoms. The van der Waals surface area contributed by atoms with E-state index < -0.39 is 0 Å². The van der Waals surface area contributed by atoms with E-state index in [1.807, 2.05) is 55.5 Å². The topological polar surface area (TPSA) is 56.0 Å². The second-order valence-electron chi connectivity index (χ2n) is 5.45. The van der Waals surface area contributed by atoms with Crippen LogP contribution in [0.4, 0.5) is 0 Å². The van der Waals surface area contributed by atoms with Gasteiger partial charge in [0, 0.05) is 10.8 Å². The molecule has 0 saturated carbocycles. The van der Waals surface area contributed by atoms with Crippen LogP contribution in [0.3, 0.4) is 0 Å². The summed E-state index contributed by atoms with van der Waals surface area (Å²) in [5.41, 5.74) is 1.62. The first-order valence-corrected chi connectivity index (χ1v) is 8.57. The van der Waals surface area contributed by atoms with Crippen LogP contribution in [-0.4, -0.2) is 21.5 Å². The van der Waals surface area contributed by atoms with E-state index in [1.54, 1.807) is 6.07 Å². The molecule has 118 valence electrons. The van der Waals surface area contributed by atoms with Crippen LogP contribution in [0, 0.1) is 6.92 Å². The molecule has 0 radical (unpaired) electrons. The van der Waals surface area contributed by atoms with Crippen LogP contribution in [0.1, 0.15) is 16.4 Å². The fourth-order valence-electron chi connectivity index (χ4n) is 2.59. The summed E-state index contributed by atoms with van der Waals surface area (Å²) in [5.74, 6) is 1.32. The van der Waals surface area contributed by atoms with Crippen LogP contribution in [0.2, 0.25) is 0 Å². The Morgan fingerprint density at radius 3 is 2.75 bits per heavy atom. The van der Waals surface area contributed by atoms with Crippen molar-refractivity contribution < 1.29 is 9.21 Å². The van der Waals surface area contributed by atoms with Crippen molar-refractivity contribution in [2.75, 3.05) is 5.75 Å². The summed E-state index contributed by atoms with van der Waals surface area (Å²) in [5, 5.41) is 2.72. The molecule has 4 rings (SSSR count). The first-order chi connectivity index (χ1) is 11.7. The third-order valence-electron chi connectivity index (χ3n) is 3.72. The zero-order valence-corrected chi connectivity index (χ0v) is 13.8. The van der Waals surface area contributed by atoms with Gasteiger partial charge >= 0.3 is 0 Å². The largest absolute Gasteiger partial charge is 0.453 e. The van der Waals surface area contributed by atoms with Gasteiger partial charge in [0.2, 0.25) is 5.78 Å². The van der Waals surface area contributed by atoms with E-state index in [0.717, 1.165) is 26.9 Å². The number of ketones is 1. The molecule has 0 aliphatic rings. The van der Waals surface area contributed by atoms with Gasteiger partial charge in [-0.05, 0) is 25.1 Å². The molecule has 0 unspecified atom stereocenters. The van der Waals surface area contributed by atoms with E-state index in [-0.39, 0.29) is 11.5 Å². The molecule has 2 aromatic carbocycles. The first-order valence-electron chi connectivity index (χ1n) is 7.59. The molecule has 0 N–H and O–H groups in total. The Hall–Kier alpha value is -2.66. The molecule has 0 aliphatic heterocycles. The number of aromatic nitrogens is 2. The standard InChI is InChI=1S/C19H14N2O2S/c1-12-20-15-8-4-3-7-14(15)19(21-12)24-11-16(22)18-10-13-6-2-5-9-17(13)23-18/h2-10H,11H2,1H3. The van der Waals surface area contributed by atoms with Crippen molar-refractivity contribution in [3.63, 3.8) is 0 Å². The van der Waals surface area contributed by atoms with Gasteiger partial charge in [0.1, 0.15) is 16.4 Å². The Morgan fingerprint density at radius 2 is 1.88 bits per heavy atom. The van der Waals surface area contributed by atoms with E-state index in [4.69, 9.17) is 4.42 Å². The lowest BCUT2D eigenvalue weighted by molar-refractivity contribution is 0.0994. The third-order valence-corrected chi connectivity index (χ3v) is 4.71. The Labute approximate surface area is 142 Å². The highest BCUT2D eigenvalue weighted by molar-refractivity contribution is 8.00. The average molecular weight is 334 g/mol. The van der Waals surface area contributed by atoms with Crippen molar-refractivity contribution in [1.29, 1.82) is 0 Å². The number of carbonyl (C=O) groups is 1. The van der Waals surface area contributed by atoms with Gasteiger partial charge in [-0.15, -0.1) is 0 Å². The van der Waals surface area contributed by atoms with Gasteiger partial charge < -0.3 is 4.42 Å². The van der Waals surface area contributed by atoms with Gasteiger partial charge in [0.15, 0.2) is 5.76 Å². The molecule has 0 bridgehead atoms. The third kappa shape index (κ3) is 2.78. The SMILES string of the molecule is Cc1nc(SCC(=O)c2cc3ccccc3o2)c2ccccc2n1. The van der Waals surface area contributed by atoms with Crippen LogP contribution < -0.4 is 0 Å². The molecular weight excluding hydrogens is 320 g/mol. The minimum absolute atomic E-state index is 0.0449. The van der Waals surface area contributed by atoms with Gasteiger partial charge in [-0.25, -0.2) is 9.97 Å². The summed E-state index contributed by atoms with van der Waals surface area (Å²) >= 11 is 1.42. The van der Waals surface area contributed by atoms with Crippen molar-refractivity contribution in [3.8, 4) is 0 Å². The van der Waals surface area contributed by atoms with Crippen molar-refractivity contribution in [2.45, 2.75) is 11.9 Å². The van der Waals surface area contributed by atoms with Crippen molar-refractivity contribution in [3.05, 3.63) is 66.2 Å². The molecule has 2 heterocycles. The van der Waals surface area contributed by atoms with E-state index in [1.165, 1.54) is 11.8 Å². The Kier molecular flexibility index (Phi) is 3.78. The number of fused-ring (bicyclic) bond motifs is 2. The summed E-state index contributed by atoms with van der Waals surface area (Å²) in [7, 11) is 0. The Morgan fingerprint density at radius 1 is 1.08 bits per heavy atom. The summed E-state index contributed by atoms with van der Waals surface area (Å²) in [6.07, 6.45) is 0. The van der Waals surface area contributed by atoms with Gasteiger partial charge in [-0.1, -0.05) is 48.2 Å². The van der Waals surface area contributed by atoms with Gasteiger partial charge in [0.25, 0.3) is 0 Å². The van der Waals surface area contributed by atoms with Crippen LogP contribution >= 0.6 is 11.8 Å². The highest BCUT2D eigenvalue weighted by Crippen LogP contribution is 2.27. The number of hydrogen-bond acceptors (Lipinski definition) is 5. The number of carbonyl (C=O) groups excluding carboxylic acids is 1. The molecule has 0 spiro atoms. The number of furan rings is 1. The van der Waals surface area contributed by atoms with E-state index >= 15 is 0 Å². The number of aryl methyl sites for hydroxylation is 1. The molecule has 4 nitrogen and oxygen atoms in total. The number of rotatable bonds is 4. The summed E-state index contributed by atoms with van der Waals surface area (Å²) < 4.78 is 5.63. The molecular formula is C19H14N2O2S. The quantitative estimate of drug-likeness (QED) is 0.309. The van der Waals surface area contributed by atoms with E-state index in [9.17, 15) is 4.79 Å². The summed E-state index contributed by atoms with van der Waals surface area (Å²) in [4.78, 5) is 21.4. The molecule has 0 amide bonds. The monoisotopic (exact) mass is 334 g/mol. The predicted octanol–water partition coefficient (Wildman–Crippen LogP) is 4.66. The fraction of sp³-hybridized carbons (Fsp3) is 0.105. The predicted molar refractivity (Wildman–Crippen MR) is 95.5 cm³/mol. The van der Waals surface area contributed by atoms with E-state index in [0.29, 0.717) is 11.6 Å². The van der Waals surface area contributed by atoms with Crippen molar-refractivity contribution >= 4 is 39.4 Å². The van der Waals surface area contributed by atoms with Gasteiger partial charge in [0.05, 0.1) is 11.3 Å². The molecule has 2 aromatic heterocycles. The van der Waals surface area contributed by atoms with Crippen LogP contribution in [0.15, 0.2) is 64.0 Å². The van der Waals surface area contributed by atoms with Crippen molar-refractivity contribution in [1.82, 2.24) is 9.97 Å². The maximum Gasteiger partial charge on any atom is 0.208 e. The number of Topliss-reactive ketones (excluding diaryl/α,β-unsaturated/α-hetero) is 1. The molecule has 0 saturated heterocycles.